The summed E-state index contributed by atoms with van der Waals surface area (Å²) < 4.78 is 11.0. The zero-order valence-electron chi connectivity index (χ0n) is 16.6. The molecule has 5 rings (SSSR count). The van der Waals surface area contributed by atoms with Gasteiger partial charge in [-0.15, -0.1) is 0 Å². The second-order valence-electron chi connectivity index (χ2n) is 7.49. The molecule has 0 aliphatic carbocycles. The van der Waals surface area contributed by atoms with Gasteiger partial charge in [0.25, 0.3) is 5.91 Å². The van der Waals surface area contributed by atoms with E-state index in [1.54, 1.807) is 11.9 Å². The van der Waals surface area contributed by atoms with Gasteiger partial charge in [0.2, 0.25) is 12.7 Å². The third-order valence-corrected chi connectivity index (χ3v) is 9.40. The fourth-order valence-corrected chi connectivity index (χ4v) is 7.54. The van der Waals surface area contributed by atoms with Gasteiger partial charge in [-0.1, -0.05) is 34.6 Å². The van der Waals surface area contributed by atoms with Crippen LogP contribution in [0, 0.1) is 11.3 Å². The Labute approximate surface area is 178 Å². The first-order chi connectivity index (χ1) is 13.9. The number of hydrogen-bond donors (Lipinski definition) is 0. The van der Waals surface area contributed by atoms with Crippen LogP contribution < -0.4 is 9.47 Å². The van der Waals surface area contributed by atoms with Crippen LogP contribution in [-0.2, 0) is 9.59 Å². The maximum absolute atomic E-state index is 13.8. The Morgan fingerprint density at radius 1 is 1.34 bits per heavy atom. The van der Waals surface area contributed by atoms with Crippen molar-refractivity contribution in [3.05, 3.63) is 23.8 Å². The maximum atomic E-state index is 13.8. The summed E-state index contributed by atoms with van der Waals surface area (Å²) in [4.78, 5) is 29.4. The first-order valence-corrected chi connectivity index (χ1v) is 11.8. The van der Waals surface area contributed by atoms with Gasteiger partial charge in [-0.3, -0.25) is 9.59 Å². The highest BCUT2D eigenvalue weighted by molar-refractivity contribution is 8.77. The maximum Gasteiger partial charge on any atom is 0.260 e. The van der Waals surface area contributed by atoms with Gasteiger partial charge < -0.3 is 19.3 Å². The number of amides is 2. The van der Waals surface area contributed by atoms with Crippen LogP contribution in [0.2, 0.25) is 0 Å². The second-order valence-corrected chi connectivity index (χ2v) is 10.2. The molecule has 0 saturated carbocycles. The summed E-state index contributed by atoms with van der Waals surface area (Å²) in [5, 5.41) is 8.80. The topological polar surface area (TPSA) is 82.9 Å². The summed E-state index contributed by atoms with van der Waals surface area (Å²) in [6, 6.07) is 7.36. The van der Waals surface area contributed by atoms with Crippen LogP contribution in [0.3, 0.4) is 0 Å². The van der Waals surface area contributed by atoms with Crippen LogP contribution in [0.5, 0.6) is 11.5 Å². The van der Waals surface area contributed by atoms with Gasteiger partial charge in [0.05, 0.1) is 18.2 Å². The predicted molar refractivity (Wildman–Crippen MR) is 111 cm³/mol. The number of hydrogen-bond acceptors (Lipinski definition) is 7. The summed E-state index contributed by atoms with van der Waals surface area (Å²) >= 11 is 0. The molecule has 4 aliphatic rings. The lowest BCUT2D eigenvalue weighted by Crippen LogP contribution is -2.55. The molecule has 3 saturated heterocycles. The van der Waals surface area contributed by atoms with E-state index in [0.717, 1.165) is 5.56 Å². The highest BCUT2D eigenvalue weighted by atomic mass is 33.1. The van der Waals surface area contributed by atoms with Crippen LogP contribution in [0.1, 0.15) is 44.7 Å². The summed E-state index contributed by atoms with van der Waals surface area (Å²) in [6.45, 7) is 4.04. The van der Waals surface area contributed by atoms with E-state index in [0.29, 0.717) is 30.8 Å². The van der Waals surface area contributed by atoms with Gasteiger partial charge in [-0.25, -0.2) is 0 Å². The average molecular weight is 434 g/mol. The Hall–Kier alpha value is -2.05. The third-order valence-electron chi connectivity index (χ3n) is 5.92. The fourth-order valence-electron chi connectivity index (χ4n) is 4.18. The van der Waals surface area contributed by atoms with Gasteiger partial charge in [0, 0.05) is 13.5 Å². The SMILES string of the molecule is CC[C@H](c1ccc2c(c1)OCO2)N1C(=O)[C@@]2(C)SS[C@@H](C(=O)N2C)C1CCC#N. The number of nitriles is 1. The molecular weight excluding hydrogens is 410 g/mol. The minimum absolute atomic E-state index is 0.0458. The van der Waals surface area contributed by atoms with Crippen LogP contribution in [0.15, 0.2) is 18.2 Å². The molecule has 154 valence electrons. The Bertz CT molecular complexity index is 889. The molecule has 9 heteroatoms. The molecular formula is C20H23N3O4S2. The largest absolute Gasteiger partial charge is 0.454 e. The van der Waals surface area contributed by atoms with E-state index < -0.39 is 4.87 Å². The summed E-state index contributed by atoms with van der Waals surface area (Å²) in [6.07, 6.45) is 1.45. The fraction of sp³-hybridized carbons (Fsp3) is 0.550. The number of nitrogens with zero attached hydrogens (tertiary/aromatic N) is 3. The van der Waals surface area contributed by atoms with Crippen LogP contribution in [0.4, 0.5) is 0 Å². The zero-order chi connectivity index (χ0) is 20.8. The molecule has 0 aromatic heterocycles. The molecule has 3 fully saturated rings. The minimum Gasteiger partial charge on any atom is -0.454 e. The van der Waals surface area contributed by atoms with Gasteiger partial charge in [-0.05, 0) is 37.5 Å². The van der Waals surface area contributed by atoms with E-state index >= 15 is 0 Å². The molecule has 4 aliphatic heterocycles. The normalized spacial score (nSPS) is 29.0. The lowest BCUT2D eigenvalue weighted by molar-refractivity contribution is -0.143. The molecule has 1 aromatic rings. The lowest BCUT2D eigenvalue weighted by Gasteiger charge is -2.40. The van der Waals surface area contributed by atoms with Crippen molar-refractivity contribution in [3.8, 4) is 17.6 Å². The molecule has 0 radical (unpaired) electrons. The number of rotatable bonds is 5. The van der Waals surface area contributed by atoms with Gasteiger partial charge in [0.15, 0.2) is 16.4 Å². The highest BCUT2D eigenvalue weighted by Crippen LogP contribution is 2.54. The standard InChI is InChI=1S/C20H23N3O4S2/c1-4-13(12-7-8-15-16(10-12)27-11-26-15)23-14(6-5-9-21)17-18(24)22(3)20(2,19(23)25)29-28-17/h7-8,10,13-14,17H,4-6,11H2,1-3H3/t13-,14?,17-,20-/m1/s1. The molecule has 2 amide bonds. The monoisotopic (exact) mass is 433 g/mol. The Balaban J connectivity index is 1.80. The van der Waals surface area contributed by atoms with Gasteiger partial charge >= 0.3 is 0 Å². The number of benzene rings is 1. The molecule has 0 spiro atoms. The molecule has 1 aromatic carbocycles. The zero-order valence-corrected chi connectivity index (χ0v) is 18.2. The molecule has 1 unspecified atom stereocenters. The second kappa shape index (κ2) is 7.65. The smallest absolute Gasteiger partial charge is 0.260 e. The van der Waals surface area contributed by atoms with Crippen molar-refractivity contribution in [1.82, 2.24) is 9.80 Å². The summed E-state index contributed by atoms with van der Waals surface area (Å²) in [7, 11) is 4.61. The molecule has 7 nitrogen and oxygen atoms in total. The van der Waals surface area contributed by atoms with E-state index in [-0.39, 0.29) is 35.9 Å². The summed E-state index contributed by atoms with van der Waals surface area (Å²) in [5.74, 6) is 1.23. The minimum atomic E-state index is -0.969. The van der Waals surface area contributed by atoms with Crippen molar-refractivity contribution in [1.29, 1.82) is 5.26 Å². The quantitative estimate of drug-likeness (QED) is 0.659. The van der Waals surface area contributed by atoms with Crippen molar-refractivity contribution in [2.24, 2.45) is 0 Å². The van der Waals surface area contributed by atoms with E-state index in [1.165, 1.54) is 21.6 Å². The van der Waals surface area contributed by atoms with Gasteiger partial charge in [-0.2, -0.15) is 5.26 Å². The van der Waals surface area contributed by atoms with E-state index in [9.17, 15) is 14.9 Å². The predicted octanol–water partition coefficient (Wildman–Crippen LogP) is 3.32. The Morgan fingerprint density at radius 3 is 2.83 bits per heavy atom. The van der Waals surface area contributed by atoms with Gasteiger partial charge in [0.1, 0.15) is 5.25 Å². The number of carbonyl (C=O) groups is 2. The number of fused-ring (bicyclic) bond motifs is 5. The van der Waals surface area contributed by atoms with Crippen molar-refractivity contribution >= 4 is 33.4 Å². The van der Waals surface area contributed by atoms with Crippen molar-refractivity contribution in [2.75, 3.05) is 13.8 Å². The highest BCUT2D eigenvalue weighted by Gasteiger charge is 2.58. The van der Waals surface area contributed by atoms with Crippen LogP contribution in [0.25, 0.3) is 0 Å². The number of likely N-dealkylation sites (N-methyl/N-ethyl adjacent to an activating group) is 1. The van der Waals surface area contributed by atoms with E-state index in [4.69, 9.17) is 9.47 Å². The summed E-state index contributed by atoms with van der Waals surface area (Å²) in [5.41, 5.74) is 0.946. The molecule has 29 heavy (non-hydrogen) atoms. The van der Waals surface area contributed by atoms with Crippen LogP contribution >= 0.6 is 21.6 Å². The Morgan fingerprint density at radius 2 is 2.10 bits per heavy atom. The molecule has 4 heterocycles. The first kappa shape index (κ1) is 20.2. The van der Waals surface area contributed by atoms with E-state index in [2.05, 4.69) is 6.07 Å². The Kier molecular flexibility index (Phi) is 5.34. The number of ether oxygens (including phenoxy) is 2. The van der Waals surface area contributed by atoms with Crippen molar-refractivity contribution in [2.45, 2.75) is 55.3 Å². The average Bonchev–Trinajstić information content (AvgIpc) is 3.14. The molecule has 2 bridgehead atoms. The number of carbonyl (C=O) groups excluding carboxylic acids is 2. The van der Waals surface area contributed by atoms with Crippen molar-refractivity contribution in [3.63, 3.8) is 0 Å². The lowest BCUT2D eigenvalue weighted by atomic mass is 9.96. The van der Waals surface area contributed by atoms with Crippen LogP contribution in [-0.4, -0.2) is 51.6 Å². The molecule has 4 atom stereocenters. The first-order valence-electron chi connectivity index (χ1n) is 9.63. The van der Waals surface area contributed by atoms with Crippen molar-refractivity contribution < 1.29 is 19.1 Å². The van der Waals surface area contributed by atoms with E-state index in [1.807, 2.05) is 36.9 Å². The molecule has 0 N–H and O–H groups in total. The third kappa shape index (κ3) is 3.13.